The molecule has 1 aliphatic carbocycles. The summed E-state index contributed by atoms with van der Waals surface area (Å²) in [7, 11) is 0. The van der Waals surface area contributed by atoms with Crippen LogP contribution in [0, 0.1) is 23.7 Å². The van der Waals surface area contributed by atoms with Gasteiger partial charge in [0.2, 0.25) is 11.8 Å². The maximum Gasteiger partial charge on any atom is 0.302 e. The molecule has 0 bridgehead atoms. The van der Waals surface area contributed by atoms with Crippen LogP contribution in [0.5, 0.6) is 0 Å². The number of carbonyl (C=O) groups is 3. The lowest BCUT2D eigenvalue weighted by Crippen LogP contribution is -2.33. The van der Waals surface area contributed by atoms with Crippen molar-refractivity contribution in [2.24, 2.45) is 23.7 Å². The van der Waals surface area contributed by atoms with Crippen molar-refractivity contribution < 1.29 is 19.1 Å². The first-order chi connectivity index (χ1) is 12.4. The minimum absolute atomic E-state index is 0.0414. The van der Waals surface area contributed by atoms with Crippen molar-refractivity contribution in [3.05, 3.63) is 53.5 Å². The molecule has 1 aromatic rings. The molecule has 0 N–H and O–H groups in total. The van der Waals surface area contributed by atoms with Gasteiger partial charge in [0, 0.05) is 11.4 Å². The third kappa shape index (κ3) is 3.38. The van der Waals surface area contributed by atoms with Gasteiger partial charge in [-0.3, -0.25) is 19.3 Å². The molecule has 3 rings (SSSR count). The number of amides is 2. The molecule has 2 aliphatic rings. The zero-order valence-electron chi connectivity index (χ0n) is 14.4. The van der Waals surface area contributed by atoms with E-state index in [-0.39, 0.29) is 42.1 Å². The van der Waals surface area contributed by atoms with Gasteiger partial charge in [-0.05, 0) is 42.5 Å². The molecule has 136 valence electrons. The van der Waals surface area contributed by atoms with Crippen molar-refractivity contribution in [1.29, 1.82) is 0 Å². The molecule has 2 fully saturated rings. The summed E-state index contributed by atoms with van der Waals surface area (Å²) in [5.74, 6) is -1.58. The fourth-order valence-electron chi connectivity index (χ4n) is 3.90. The van der Waals surface area contributed by atoms with Crippen LogP contribution >= 0.6 is 15.9 Å². The van der Waals surface area contributed by atoms with E-state index in [0.717, 1.165) is 4.47 Å². The Hall–Kier alpha value is -2.21. The highest BCUT2D eigenvalue weighted by molar-refractivity contribution is 9.10. The number of nitrogens with zero attached hydrogens (tertiary/aromatic N) is 1. The van der Waals surface area contributed by atoms with E-state index in [1.54, 1.807) is 24.3 Å². The molecule has 6 heteroatoms. The second kappa shape index (κ2) is 7.58. The zero-order chi connectivity index (χ0) is 18.8. The van der Waals surface area contributed by atoms with Crippen LogP contribution in [0.4, 0.5) is 5.69 Å². The number of anilines is 1. The Morgan fingerprint density at radius 1 is 1.23 bits per heavy atom. The fourth-order valence-corrected chi connectivity index (χ4v) is 4.17. The molecule has 26 heavy (non-hydrogen) atoms. The second-order valence-electron chi connectivity index (χ2n) is 6.57. The topological polar surface area (TPSA) is 63.7 Å². The standard InChI is InChI=1S/C20H20BrNO4/c1-3-13-11-14(5-4-10-26-12(2)23)18-17(13)19(24)22(20(18)25)16-8-6-15(21)7-9-16/h3-9,13-14,17-18H,1,10-11H2,2H3/b5-4-/t13-,14+,17-,18+/m0/s1. The van der Waals surface area contributed by atoms with Gasteiger partial charge in [-0.1, -0.05) is 34.2 Å². The Morgan fingerprint density at radius 2 is 1.85 bits per heavy atom. The number of carbonyl (C=O) groups excluding carboxylic acids is 3. The Kier molecular flexibility index (Phi) is 5.41. The first-order valence-electron chi connectivity index (χ1n) is 8.50. The monoisotopic (exact) mass is 417 g/mol. The summed E-state index contributed by atoms with van der Waals surface area (Å²) >= 11 is 3.36. The van der Waals surface area contributed by atoms with Gasteiger partial charge in [0.25, 0.3) is 0 Å². The highest BCUT2D eigenvalue weighted by Crippen LogP contribution is 2.49. The van der Waals surface area contributed by atoms with Crippen molar-refractivity contribution in [3.8, 4) is 0 Å². The van der Waals surface area contributed by atoms with Crippen molar-refractivity contribution in [1.82, 2.24) is 0 Å². The van der Waals surface area contributed by atoms with Crippen LogP contribution in [0.25, 0.3) is 0 Å². The highest BCUT2D eigenvalue weighted by atomic mass is 79.9. The first kappa shape index (κ1) is 18.6. The molecule has 1 saturated heterocycles. The summed E-state index contributed by atoms with van der Waals surface area (Å²) in [6.07, 6.45) is 6.10. The molecule has 0 spiro atoms. The summed E-state index contributed by atoms with van der Waals surface area (Å²) in [5.41, 5.74) is 0.586. The molecule has 4 atom stereocenters. The number of rotatable bonds is 5. The van der Waals surface area contributed by atoms with Crippen LogP contribution in [0.3, 0.4) is 0 Å². The molecular weight excluding hydrogens is 398 g/mol. The van der Waals surface area contributed by atoms with Crippen LogP contribution in [0.2, 0.25) is 0 Å². The number of esters is 1. The lowest BCUT2D eigenvalue weighted by molar-refractivity contribution is -0.139. The van der Waals surface area contributed by atoms with Crippen molar-refractivity contribution in [2.45, 2.75) is 13.3 Å². The number of halogens is 1. The Labute approximate surface area is 160 Å². The largest absolute Gasteiger partial charge is 0.462 e. The molecule has 2 amide bonds. The van der Waals surface area contributed by atoms with Crippen molar-refractivity contribution in [3.63, 3.8) is 0 Å². The molecule has 0 radical (unpaired) electrons. The average Bonchev–Trinajstić information content (AvgIpc) is 3.10. The van der Waals surface area contributed by atoms with Gasteiger partial charge in [-0.2, -0.15) is 0 Å². The van der Waals surface area contributed by atoms with Gasteiger partial charge in [0.05, 0.1) is 17.5 Å². The zero-order valence-corrected chi connectivity index (χ0v) is 16.0. The Bertz CT molecular complexity index is 771. The maximum atomic E-state index is 13.0. The molecule has 5 nitrogen and oxygen atoms in total. The minimum Gasteiger partial charge on any atom is -0.462 e. The quantitative estimate of drug-likeness (QED) is 0.417. The molecule has 1 heterocycles. The van der Waals surface area contributed by atoms with E-state index in [1.165, 1.54) is 11.8 Å². The van der Waals surface area contributed by atoms with E-state index in [1.807, 2.05) is 18.2 Å². The van der Waals surface area contributed by atoms with E-state index >= 15 is 0 Å². The van der Waals surface area contributed by atoms with Crippen LogP contribution in [0.1, 0.15) is 13.3 Å². The number of benzene rings is 1. The van der Waals surface area contributed by atoms with E-state index in [2.05, 4.69) is 22.5 Å². The molecular formula is C20H20BrNO4. The minimum atomic E-state index is -0.400. The third-order valence-electron chi connectivity index (χ3n) is 5.02. The van der Waals surface area contributed by atoms with Crippen LogP contribution < -0.4 is 4.90 Å². The average molecular weight is 418 g/mol. The van der Waals surface area contributed by atoms with Crippen LogP contribution in [0.15, 0.2) is 53.5 Å². The van der Waals surface area contributed by atoms with E-state index in [0.29, 0.717) is 12.1 Å². The van der Waals surface area contributed by atoms with E-state index < -0.39 is 5.92 Å². The Morgan fingerprint density at radius 3 is 2.42 bits per heavy atom. The van der Waals surface area contributed by atoms with Gasteiger partial charge < -0.3 is 4.74 Å². The summed E-state index contributed by atoms with van der Waals surface area (Å²) in [4.78, 5) is 38.2. The predicted octanol–water partition coefficient (Wildman–Crippen LogP) is 3.50. The summed E-state index contributed by atoms with van der Waals surface area (Å²) in [5, 5.41) is 0. The van der Waals surface area contributed by atoms with Crippen molar-refractivity contribution in [2.75, 3.05) is 11.5 Å². The van der Waals surface area contributed by atoms with Gasteiger partial charge in [0.1, 0.15) is 6.61 Å². The van der Waals surface area contributed by atoms with E-state index in [9.17, 15) is 14.4 Å². The highest BCUT2D eigenvalue weighted by Gasteiger charge is 2.57. The summed E-state index contributed by atoms with van der Waals surface area (Å²) < 4.78 is 5.79. The number of imide groups is 1. The fraction of sp³-hybridized carbons (Fsp3) is 0.350. The molecule has 1 saturated carbocycles. The number of allylic oxidation sites excluding steroid dienone is 2. The van der Waals surface area contributed by atoms with Gasteiger partial charge in [-0.25, -0.2) is 0 Å². The maximum absolute atomic E-state index is 13.0. The smallest absolute Gasteiger partial charge is 0.302 e. The lowest BCUT2D eigenvalue weighted by Gasteiger charge is -2.19. The van der Waals surface area contributed by atoms with E-state index in [4.69, 9.17) is 4.74 Å². The van der Waals surface area contributed by atoms with Crippen molar-refractivity contribution >= 4 is 39.4 Å². The van der Waals surface area contributed by atoms with Crippen LogP contribution in [-0.2, 0) is 19.1 Å². The third-order valence-corrected chi connectivity index (χ3v) is 5.55. The Balaban J connectivity index is 1.85. The normalized spacial score (nSPS) is 27.8. The molecule has 1 aromatic carbocycles. The number of ether oxygens (including phenoxy) is 1. The molecule has 0 aromatic heterocycles. The molecule has 1 aliphatic heterocycles. The number of fused-ring (bicyclic) bond motifs is 1. The molecule has 0 unspecified atom stereocenters. The first-order valence-corrected chi connectivity index (χ1v) is 9.29. The number of hydrogen-bond acceptors (Lipinski definition) is 4. The summed E-state index contributed by atoms with van der Waals surface area (Å²) in [6, 6.07) is 7.14. The predicted molar refractivity (Wildman–Crippen MR) is 101 cm³/mol. The van der Waals surface area contributed by atoms with Crippen LogP contribution in [-0.4, -0.2) is 24.4 Å². The van der Waals surface area contributed by atoms with Gasteiger partial charge in [0.15, 0.2) is 0 Å². The van der Waals surface area contributed by atoms with Gasteiger partial charge in [-0.15, -0.1) is 6.58 Å². The lowest BCUT2D eigenvalue weighted by atomic mass is 9.89. The second-order valence-corrected chi connectivity index (χ2v) is 7.49. The van der Waals surface area contributed by atoms with Gasteiger partial charge >= 0.3 is 5.97 Å². The summed E-state index contributed by atoms with van der Waals surface area (Å²) in [6.45, 7) is 5.36. The number of hydrogen-bond donors (Lipinski definition) is 0. The SMILES string of the molecule is C=C[C@H]1C[C@@H](/C=C\COC(C)=O)[C@H]2C(=O)N(c3ccc(Br)cc3)C(=O)[C@H]21.